The van der Waals surface area contributed by atoms with E-state index < -0.39 is 0 Å². The molecule has 1 aliphatic rings. The Hall–Kier alpha value is -0.120. The molecule has 0 amide bonds. The Morgan fingerprint density at radius 1 is 1.14 bits per heavy atom. The lowest BCUT2D eigenvalue weighted by Crippen LogP contribution is -2.42. The molecule has 0 aromatic heterocycles. The van der Waals surface area contributed by atoms with Gasteiger partial charge in [-0.3, -0.25) is 0 Å². The summed E-state index contributed by atoms with van der Waals surface area (Å²) in [6.07, 6.45) is 5.04. The van der Waals surface area contributed by atoms with Gasteiger partial charge in [0, 0.05) is 25.2 Å². The molecule has 84 valence electrons. The second-order valence-electron chi connectivity index (χ2n) is 4.86. The second-order valence-corrected chi connectivity index (χ2v) is 4.86. The van der Waals surface area contributed by atoms with Crippen molar-refractivity contribution in [3.8, 4) is 0 Å². The Kier molecular flexibility index (Phi) is 4.85. The molecule has 2 N–H and O–H groups in total. The van der Waals surface area contributed by atoms with Gasteiger partial charge in [-0.1, -0.05) is 6.42 Å². The minimum Gasteiger partial charge on any atom is -0.328 e. The summed E-state index contributed by atoms with van der Waals surface area (Å²) in [5, 5.41) is 0. The third-order valence-electron chi connectivity index (χ3n) is 3.21. The molecule has 1 saturated carbocycles. The summed E-state index contributed by atoms with van der Waals surface area (Å²) in [7, 11) is 6.48. The van der Waals surface area contributed by atoms with Gasteiger partial charge >= 0.3 is 0 Å². The van der Waals surface area contributed by atoms with Gasteiger partial charge in [0.1, 0.15) is 0 Å². The first-order valence-corrected chi connectivity index (χ1v) is 5.70. The first-order valence-electron chi connectivity index (χ1n) is 5.70. The summed E-state index contributed by atoms with van der Waals surface area (Å²) in [5.74, 6) is 0. The molecule has 0 radical (unpaired) electrons. The molecular weight excluding hydrogens is 174 g/mol. The molecule has 1 aliphatic carbocycles. The summed E-state index contributed by atoms with van der Waals surface area (Å²) in [6, 6.07) is 1.16. The predicted molar refractivity (Wildman–Crippen MR) is 61.4 cm³/mol. The lowest BCUT2D eigenvalue weighted by Gasteiger charge is -2.34. The van der Waals surface area contributed by atoms with Gasteiger partial charge in [0.25, 0.3) is 0 Å². The lowest BCUT2D eigenvalue weighted by molar-refractivity contribution is 0.167. The minimum absolute atomic E-state index is 0.440. The van der Waals surface area contributed by atoms with Gasteiger partial charge in [-0.05, 0) is 40.4 Å². The number of hydrogen-bond acceptors (Lipinski definition) is 3. The van der Waals surface area contributed by atoms with Gasteiger partial charge in [-0.25, -0.2) is 0 Å². The third kappa shape index (κ3) is 3.95. The molecule has 3 heteroatoms. The molecule has 0 aromatic rings. The molecule has 0 aromatic carbocycles. The predicted octanol–water partition coefficient (Wildman–Crippen LogP) is 0.750. The van der Waals surface area contributed by atoms with Crippen molar-refractivity contribution in [2.75, 3.05) is 34.2 Å². The van der Waals surface area contributed by atoms with E-state index in [0.29, 0.717) is 6.04 Å². The van der Waals surface area contributed by atoms with Crippen LogP contribution in [-0.2, 0) is 0 Å². The Balaban J connectivity index is 2.25. The molecule has 2 unspecified atom stereocenters. The fourth-order valence-corrected chi connectivity index (χ4v) is 2.14. The van der Waals surface area contributed by atoms with Gasteiger partial charge in [-0.15, -0.1) is 0 Å². The van der Waals surface area contributed by atoms with E-state index >= 15 is 0 Å². The van der Waals surface area contributed by atoms with Crippen LogP contribution < -0.4 is 5.73 Å². The van der Waals surface area contributed by atoms with Crippen LogP contribution in [0.25, 0.3) is 0 Å². The van der Waals surface area contributed by atoms with E-state index in [1.54, 1.807) is 0 Å². The normalized spacial score (nSPS) is 28.7. The van der Waals surface area contributed by atoms with Gasteiger partial charge in [0.05, 0.1) is 0 Å². The third-order valence-corrected chi connectivity index (χ3v) is 3.21. The number of nitrogens with zero attached hydrogens (tertiary/aromatic N) is 2. The van der Waals surface area contributed by atoms with Crippen LogP contribution in [-0.4, -0.2) is 56.1 Å². The molecular formula is C11H25N3. The van der Waals surface area contributed by atoms with Crippen LogP contribution in [0.5, 0.6) is 0 Å². The molecule has 1 rings (SSSR count). The standard InChI is InChI=1S/C11H25N3/c1-13(2)7-8-14(3)11-6-4-5-10(12)9-11/h10-11H,4-9,12H2,1-3H3. The largest absolute Gasteiger partial charge is 0.328 e. The highest BCUT2D eigenvalue weighted by Gasteiger charge is 2.22. The van der Waals surface area contributed by atoms with Gasteiger partial charge < -0.3 is 15.5 Å². The van der Waals surface area contributed by atoms with Gasteiger partial charge in [-0.2, -0.15) is 0 Å². The maximum Gasteiger partial charge on any atom is 0.0109 e. The molecule has 1 fully saturated rings. The zero-order chi connectivity index (χ0) is 10.6. The highest BCUT2D eigenvalue weighted by Crippen LogP contribution is 2.20. The highest BCUT2D eigenvalue weighted by molar-refractivity contribution is 4.80. The number of nitrogens with two attached hydrogens (primary N) is 1. The van der Waals surface area contributed by atoms with Crippen molar-refractivity contribution >= 4 is 0 Å². The first-order chi connectivity index (χ1) is 6.59. The zero-order valence-electron chi connectivity index (χ0n) is 9.87. The van der Waals surface area contributed by atoms with Crippen molar-refractivity contribution in [3.05, 3.63) is 0 Å². The number of hydrogen-bond donors (Lipinski definition) is 1. The van der Waals surface area contributed by atoms with Crippen molar-refractivity contribution in [3.63, 3.8) is 0 Å². The van der Waals surface area contributed by atoms with E-state index in [4.69, 9.17) is 5.73 Å². The molecule has 0 spiro atoms. The van der Waals surface area contributed by atoms with Crippen LogP contribution in [0.1, 0.15) is 25.7 Å². The summed E-state index contributed by atoms with van der Waals surface area (Å²) < 4.78 is 0. The molecule has 2 atom stereocenters. The summed E-state index contributed by atoms with van der Waals surface area (Å²) in [6.45, 7) is 2.30. The van der Waals surface area contributed by atoms with Crippen LogP contribution in [0.2, 0.25) is 0 Å². The number of rotatable bonds is 4. The van der Waals surface area contributed by atoms with Crippen LogP contribution in [0, 0.1) is 0 Å². The fourth-order valence-electron chi connectivity index (χ4n) is 2.14. The summed E-state index contributed by atoms with van der Waals surface area (Å²) >= 11 is 0. The van der Waals surface area contributed by atoms with Crippen molar-refractivity contribution in [1.82, 2.24) is 9.80 Å². The van der Waals surface area contributed by atoms with Crippen molar-refractivity contribution in [2.45, 2.75) is 37.8 Å². The molecule has 0 heterocycles. The summed E-state index contributed by atoms with van der Waals surface area (Å²) in [4.78, 5) is 4.71. The molecule has 0 bridgehead atoms. The average molecular weight is 199 g/mol. The topological polar surface area (TPSA) is 32.5 Å². The smallest absolute Gasteiger partial charge is 0.0109 e. The van der Waals surface area contributed by atoms with E-state index in [9.17, 15) is 0 Å². The van der Waals surface area contributed by atoms with Crippen LogP contribution >= 0.6 is 0 Å². The minimum atomic E-state index is 0.440. The number of likely N-dealkylation sites (N-methyl/N-ethyl adjacent to an activating group) is 2. The fraction of sp³-hybridized carbons (Fsp3) is 1.00. The Bertz CT molecular complexity index is 159. The Labute approximate surface area is 88.2 Å². The van der Waals surface area contributed by atoms with Gasteiger partial charge in [0.2, 0.25) is 0 Å². The van der Waals surface area contributed by atoms with Crippen LogP contribution in [0.3, 0.4) is 0 Å². The second kappa shape index (κ2) is 5.69. The Morgan fingerprint density at radius 2 is 1.86 bits per heavy atom. The van der Waals surface area contributed by atoms with E-state index in [-0.39, 0.29) is 0 Å². The van der Waals surface area contributed by atoms with E-state index in [1.807, 2.05) is 0 Å². The van der Waals surface area contributed by atoms with E-state index in [1.165, 1.54) is 25.7 Å². The van der Waals surface area contributed by atoms with Crippen molar-refractivity contribution in [2.24, 2.45) is 5.73 Å². The zero-order valence-corrected chi connectivity index (χ0v) is 9.87. The van der Waals surface area contributed by atoms with Crippen molar-refractivity contribution < 1.29 is 0 Å². The van der Waals surface area contributed by atoms with E-state index in [2.05, 4.69) is 30.9 Å². The Morgan fingerprint density at radius 3 is 2.43 bits per heavy atom. The lowest BCUT2D eigenvalue weighted by atomic mass is 9.91. The molecule has 14 heavy (non-hydrogen) atoms. The molecule has 0 saturated heterocycles. The van der Waals surface area contributed by atoms with Crippen LogP contribution in [0.15, 0.2) is 0 Å². The van der Waals surface area contributed by atoms with E-state index in [0.717, 1.165) is 19.1 Å². The molecule has 3 nitrogen and oxygen atoms in total. The average Bonchev–Trinajstić information content (AvgIpc) is 2.14. The van der Waals surface area contributed by atoms with Crippen LogP contribution in [0.4, 0.5) is 0 Å². The maximum atomic E-state index is 5.98. The quantitative estimate of drug-likeness (QED) is 0.725. The monoisotopic (exact) mass is 199 g/mol. The maximum absolute atomic E-state index is 5.98. The summed E-state index contributed by atoms with van der Waals surface area (Å²) in [5.41, 5.74) is 5.98. The first kappa shape index (κ1) is 12.0. The van der Waals surface area contributed by atoms with Gasteiger partial charge in [0.15, 0.2) is 0 Å². The van der Waals surface area contributed by atoms with Crippen molar-refractivity contribution in [1.29, 1.82) is 0 Å². The molecule has 0 aliphatic heterocycles. The SMILES string of the molecule is CN(C)CCN(C)C1CCCC(N)C1. The highest BCUT2D eigenvalue weighted by atomic mass is 15.2.